The SMILES string of the molecule is OC[C@H]1O[C@@H](n2cnc3c(N[C@@H]4CCCC[C@H]4Sc4nc5ccccc5s4)nc(Cl)nc32)[C@H](O)[C@@H]1O. The summed E-state index contributed by atoms with van der Waals surface area (Å²) in [6.45, 7) is -0.417. The van der Waals surface area contributed by atoms with Gasteiger partial charge in [0, 0.05) is 11.3 Å². The van der Waals surface area contributed by atoms with E-state index in [1.807, 2.05) is 18.2 Å². The second-order valence-electron chi connectivity index (χ2n) is 9.03. The summed E-state index contributed by atoms with van der Waals surface area (Å²) in [6, 6.07) is 8.30. The molecule has 0 amide bonds. The summed E-state index contributed by atoms with van der Waals surface area (Å²) < 4.78 is 9.42. The molecule has 190 valence electrons. The first-order valence-electron chi connectivity index (χ1n) is 11.8. The van der Waals surface area contributed by atoms with Crippen LogP contribution in [0.25, 0.3) is 21.4 Å². The van der Waals surface area contributed by atoms with Crippen LogP contribution in [0.4, 0.5) is 5.82 Å². The highest BCUT2D eigenvalue weighted by Crippen LogP contribution is 2.39. The Hall–Kier alpha value is -2.06. The second kappa shape index (κ2) is 10.0. The molecule has 1 aliphatic carbocycles. The number of aliphatic hydroxyl groups excluding tert-OH is 3. The lowest BCUT2D eigenvalue weighted by molar-refractivity contribution is -0.0511. The Labute approximate surface area is 219 Å². The summed E-state index contributed by atoms with van der Waals surface area (Å²) in [5, 5.41) is 34.0. The summed E-state index contributed by atoms with van der Waals surface area (Å²) in [6.07, 6.45) is 1.42. The van der Waals surface area contributed by atoms with Crippen molar-refractivity contribution < 1.29 is 20.1 Å². The average molecular weight is 549 g/mol. The molecule has 3 aromatic heterocycles. The molecule has 2 fully saturated rings. The number of thioether (sulfide) groups is 1. The molecule has 4 heterocycles. The molecule has 13 heteroatoms. The number of hydrogen-bond acceptors (Lipinski definition) is 11. The standard InChI is InChI=1S/C23H25ClN6O4S2/c24-22-28-19(16-20(29-22)30(10-25-16)21-18(33)17(32)13(9-31)34-21)26-11-5-1-3-7-14(11)35-23-27-12-6-2-4-8-15(12)36-23/h2,4,6,8,10-11,13-14,17-18,21,31-33H,1,3,5,7,9H2,(H,26,28,29)/t11-,13-,14-,17-,18-,21-/m1/s1. The van der Waals surface area contributed by atoms with E-state index in [1.54, 1.807) is 23.1 Å². The first kappa shape index (κ1) is 24.3. The quantitative estimate of drug-likeness (QED) is 0.266. The molecule has 1 aromatic carbocycles. The zero-order valence-corrected chi connectivity index (χ0v) is 21.5. The maximum Gasteiger partial charge on any atom is 0.226 e. The lowest BCUT2D eigenvalue weighted by Crippen LogP contribution is -2.34. The maximum atomic E-state index is 10.5. The molecule has 4 aromatic rings. The Morgan fingerprint density at radius 2 is 1.97 bits per heavy atom. The Bertz CT molecular complexity index is 1350. The van der Waals surface area contributed by atoms with E-state index in [4.69, 9.17) is 21.3 Å². The van der Waals surface area contributed by atoms with Gasteiger partial charge in [0.15, 0.2) is 27.5 Å². The maximum absolute atomic E-state index is 10.5. The molecular weight excluding hydrogens is 524 g/mol. The Morgan fingerprint density at radius 1 is 1.14 bits per heavy atom. The van der Waals surface area contributed by atoms with Gasteiger partial charge in [-0.25, -0.2) is 9.97 Å². The minimum Gasteiger partial charge on any atom is -0.394 e. The number of halogens is 1. The van der Waals surface area contributed by atoms with Crippen molar-refractivity contribution in [3.05, 3.63) is 35.9 Å². The number of para-hydroxylation sites is 1. The summed E-state index contributed by atoms with van der Waals surface area (Å²) in [7, 11) is 0. The number of rotatable bonds is 6. The highest BCUT2D eigenvalue weighted by Gasteiger charge is 2.44. The number of ether oxygens (including phenoxy) is 1. The number of aliphatic hydroxyl groups is 3. The molecular formula is C23H25ClN6O4S2. The third-order valence-corrected chi connectivity index (χ3v) is 9.44. The molecule has 0 radical (unpaired) electrons. The van der Waals surface area contributed by atoms with Crippen LogP contribution in [-0.4, -0.2) is 76.0 Å². The summed E-state index contributed by atoms with van der Waals surface area (Å²) in [4.78, 5) is 18.0. The van der Waals surface area contributed by atoms with Crippen LogP contribution >= 0.6 is 34.7 Å². The van der Waals surface area contributed by atoms with E-state index in [9.17, 15) is 15.3 Å². The molecule has 0 spiro atoms. The Balaban J connectivity index is 1.27. The van der Waals surface area contributed by atoms with Gasteiger partial charge in [-0.1, -0.05) is 36.7 Å². The van der Waals surface area contributed by atoms with Crippen molar-refractivity contribution in [1.82, 2.24) is 24.5 Å². The smallest absolute Gasteiger partial charge is 0.226 e. The highest BCUT2D eigenvalue weighted by atomic mass is 35.5. The molecule has 1 aliphatic heterocycles. The summed E-state index contributed by atoms with van der Waals surface area (Å²) in [5.74, 6) is 0.511. The van der Waals surface area contributed by atoms with Crippen LogP contribution in [0.2, 0.25) is 5.28 Å². The largest absolute Gasteiger partial charge is 0.394 e. The highest BCUT2D eigenvalue weighted by molar-refractivity contribution is 8.01. The van der Waals surface area contributed by atoms with E-state index >= 15 is 0 Å². The summed E-state index contributed by atoms with van der Waals surface area (Å²) >= 11 is 9.80. The molecule has 6 rings (SSSR count). The molecule has 36 heavy (non-hydrogen) atoms. The summed E-state index contributed by atoms with van der Waals surface area (Å²) in [5.41, 5.74) is 1.88. The van der Waals surface area contributed by atoms with Crippen LogP contribution in [0.3, 0.4) is 0 Å². The topological polar surface area (TPSA) is 138 Å². The van der Waals surface area contributed by atoms with Crippen molar-refractivity contribution in [3.63, 3.8) is 0 Å². The van der Waals surface area contributed by atoms with Crippen molar-refractivity contribution in [1.29, 1.82) is 0 Å². The van der Waals surface area contributed by atoms with Gasteiger partial charge in [-0.2, -0.15) is 9.97 Å². The monoisotopic (exact) mass is 548 g/mol. The third-order valence-electron chi connectivity index (χ3n) is 6.74. The van der Waals surface area contributed by atoms with E-state index < -0.39 is 31.1 Å². The van der Waals surface area contributed by atoms with E-state index in [-0.39, 0.29) is 11.3 Å². The molecule has 4 N–H and O–H groups in total. The normalized spacial score (nSPS) is 28.8. The molecule has 10 nitrogen and oxygen atoms in total. The average Bonchev–Trinajstić information content (AvgIpc) is 3.56. The van der Waals surface area contributed by atoms with Crippen LogP contribution in [0, 0.1) is 0 Å². The molecule has 1 saturated carbocycles. The van der Waals surface area contributed by atoms with Crippen LogP contribution in [-0.2, 0) is 4.74 Å². The van der Waals surface area contributed by atoms with Crippen LogP contribution in [0.5, 0.6) is 0 Å². The fraction of sp³-hybridized carbons (Fsp3) is 0.478. The van der Waals surface area contributed by atoms with E-state index in [2.05, 4.69) is 26.3 Å². The minimum absolute atomic E-state index is 0.0321. The first-order valence-corrected chi connectivity index (χ1v) is 13.9. The lowest BCUT2D eigenvalue weighted by atomic mass is 9.95. The zero-order chi connectivity index (χ0) is 24.8. The first-order chi connectivity index (χ1) is 17.5. The number of benzene rings is 1. The zero-order valence-electron chi connectivity index (χ0n) is 19.1. The van der Waals surface area contributed by atoms with E-state index in [0.717, 1.165) is 35.5 Å². The van der Waals surface area contributed by atoms with Crippen LogP contribution in [0.1, 0.15) is 31.9 Å². The van der Waals surface area contributed by atoms with Crippen LogP contribution in [0.15, 0.2) is 34.9 Å². The van der Waals surface area contributed by atoms with Gasteiger partial charge in [-0.05, 0) is 36.6 Å². The van der Waals surface area contributed by atoms with Crippen molar-refractivity contribution in [2.75, 3.05) is 11.9 Å². The lowest BCUT2D eigenvalue weighted by Gasteiger charge is -2.31. The van der Waals surface area contributed by atoms with Gasteiger partial charge >= 0.3 is 0 Å². The Morgan fingerprint density at radius 3 is 2.78 bits per heavy atom. The minimum atomic E-state index is -1.25. The van der Waals surface area contributed by atoms with Gasteiger partial charge in [0.2, 0.25) is 5.28 Å². The number of nitrogens with zero attached hydrogens (tertiary/aromatic N) is 5. The number of aromatic nitrogens is 5. The van der Waals surface area contributed by atoms with Gasteiger partial charge in [-0.15, -0.1) is 11.3 Å². The van der Waals surface area contributed by atoms with Gasteiger partial charge in [-0.3, -0.25) is 4.57 Å². The number of hydrogen-bond donors (Lipinski definition) is 4. The number of anilines is 1. The molecule has 2 aliphatic rings. The predicted octanol–water partition coefficient (Wildman–Crippen LogP) is 3.22. The van der Waals surface area contributed by atoms with E-state index in [1.165, 1.54) is 15.6 Å². The number of imidazole rings is 1. The Kier molecular flexibility index (Phi) is 6.75. The number of thiazole rings is 1. The van der Waals surface area contributed by atoms with Crippen molar-refractivity contribution in [2.24, 2.45) is 0 Å². The predicted molar refractivity (Wildman–Crippen MR) is 138 cm³/mol. The van der Waals surface area contributed by atoms with Gasteiger partial charge < -0.3 is 25.4 Å². The van der Waals surface area contributed by atoms with E-state index in [0.29, 0.717) is 22.2 Å². The molecule has 1 saturated heterocycles. The van der Waals surface area contributed by atoms with Gasteiger partial charge in [0.05, 0.1) is 23.2 Å². The molecule has 0 bridgehead atoms. The fourth-order valence-corrected chi connectivity index (χ4v) is 7.65. The fourth-order valence-electron chi connectivity index (χ4n) is 4.90. The van der Waals surface area contributed by atoms with Crippen molar-refractivity contribution in [3.8, 4) is 0 Å². The number of fused-ring (bicyclic) bond motifs is 2. The van der Waals surface area contributed by atoms with Gasteiger partial charge in [0.25, 0.3) is 0 Å². The van der Waals surface area contributed by atoms with Crippen LogP contribution < -0.4 is 5.32 Å². The van der Waals surface area contributed by atoms with Gasteiger partial charge in [0.1, 0.15) is 18.3 Å². The third kappa shape index (κ3) is 4.44. The van der Waals surface area contributed by atoms with Crippen molar-refractivity contribution in [2.45, 2.75) is 65.9 Å². The molecule has 0 unspecified atom stereocenters. The second-order valence-corrected chi connectivity index (χ2v) is 11.9. The number of nitrogens with one attached hydrogen (secondary N) is 1. The van der Waals surface area contributed by atoms with Crippen molar-refractivity contribution >= 4 is 61.9 Å². The molecule has 6 atom stereocenters.